The van der Waals surface area contributed by atoms with Gasteiger partial charge in [-0.05, 0) is 30.2 Å². The van der Waals surface area contributed by atoms with Gasteiger partial charge < -0.3 is 10.6 Å². The Kier molecular flexibility index (Phi) is 6.31. The minimum absolute atomic E-state index is 0.223. The summed E-state index contributed by atoms with van der Waals surface area (Å²) in [6.07, 6.45) is 6.23. The second-order valence-corrected chi connectivity index (χ2v) is 7.05. The molecule has 3 rings (SSSR count). The van der Waals surface area contributed by atoms with Crippen LogP contribution in [0.4, 0.5) is 15.9 Å². The molecule has 0 aliphatic rings. The number of carbonyl (C=O) groups is 1. The van der Waals surface area contributed by atoms with Gasteiger partial charge in [0.2, 0.25) is 5.95 Å². The zero-order valence-electron chi connectivity index (χ0n) is 14.4. The molecule has 0 aliphatic heterocycles. The van der Waals surface area contributed by atoms with Crippen LogP contribution in [-0.4, -0.2) is 20.9 Å². The lowest BCUT2D eigenvalue weighted by Gasteiger charge is -2.19. The number of thiazole rings is 1. The van der Waals surface area contributed by atoms with E-state index in [1.54, 1.807) is 29.9 Å². The molecule has 0 radical (unpaired) electrons. The lowest BCUT2D eigenvalue weighted by molar-refractivity contribution is 0.0934. The van der Waals surface area contributed by atoms with Crippen molar-refractivity contribution >= 4 is 40.4 Å². The van der Waals surface area contributed by atoms with Gasteiger partial charge in [0, 0.05) is 17.8 Å². The lowest BCUT2D eigenvalue weighted by Crippen LogP contribution is -2.28. The number of halogens is 2. The van der Waals surface area contributed by atoms with E-state index in [0.29, 0.717) is 21.5 Å². The van der Waals surface area contributed by atoms with E-state index in [0.717, 1.165) is 18.4 Å². The molecule has 0 saturated carbocycles. The molecule has 0 bridgehead atoms. The van der Waals surface area contributed by atoms with Gasteiger partial charge in [-0.15, -0.1) is 11.3 Å². The van der Waals surface area contributed by atoms with Crippen molar-refractivity contribution in [2.75, 3.05) is 5.32 Å². The van der Waals surface area contributed by atoms with Crippen molar-refractivity contribution in [2.45, 2.75) is 25.8 Å². The Labute approximate surface area is 164 Å². The first-order chi connectivity index (χ1) is 13.1. The summed E-state index contributed by atoms with van der Waals surface area (Å²) < 4.78 is 12.9. The summed E-state index contributed by atoms with van der Waals surface area (Å²) in [6.45, 7) is 2.04. The highest BCUT2D eigenvalue weighted by atomic mass is 35.5. The molecule has 3 aromatic heterocycles. The van der Waals surface area contributed by atoms with Crippen LogP contribution in [0.15, 0.2) is 42.2 Å². The molecule has 1 atom stereocenters. The molecule has 6 nitrogen and oxygen atoms in total. The predicted octanol–water partition coefficient (Wildman–Crippen LogP) is 4.74. The van der Waals surface area contributed by atoms with E-state index in [9.17, 15) is 9.18 Å². The van der Waals surface area contributed by atoms with E-state index in [-0.39, 0.29) is 11.9 Å². The third-order valence-corrected chi connectivity index (χ3v) is 4.82. The van der Waals surface area contributed by atoms with Crippen molar-refractivity contribution in [3.63, 3.8) is 0 Å². The fraction of sp³-hybridized carbons (Fsp3) is 0.222. The third kappa shape index (κ3) is 4.99. The van der Waals surface area contributed by atoms with Gasteiger partial charge in [0.1, 0.15) is 5.82 Å². The van der Waals surface area contributed by atoms with Crippen molar-refractivity contribution < 1.29 is 9.18 Å². The van der Waals surface area contributed by atoms with Crippen LogP contribution >= 0.6 is 22.9 Å². The number of nitrogens with zero attached hydrogens (tertiary/aromatic N) is 3. The molecule has 3 heterocycles. The van der Waals surface area contributed by atoms with Gasteiger partial charge in [-0.2, -0.15) is 4.39 Å². The van der Waals surface area contributed by atoms with Gasteiger partial charge in [-0.3, -0.25) is 4.79 Å². The first-order valence-electron chi connectivity index (χ1n) is 8.31. The zero-order chi connectivity index (χ0) is 19.2. The third-order valence-electron chi connectivity index (χ3n) is 3.76. The van der Waals surface area contributed by atoms with Crippen LogP contribution in [0.1, 0.15) is 41.2 Å². The van der Waals surface area contributed by atoms with Crippen molar-refractivity contribution in [1.82, 2.24) is 20.3 Å². The maximum absolute atomic E-state index is 12.9. The number of hydrogen-bond donors (Lipinski definition) is 2. The van der Waals surface area contributed by atoms with E-state index in [4.69, 9.17) is 11.6 Å². The number of rotatable bonds is 7. The molecule has 0 spiro atoms. The van der Waals surface area contributed by atoms with Gasteiger partial charge in [-0.25, -0.2) is 15.0 Å². The summed E-state index contributed by atoms with van der Waals surface area (Å²) >= 11 is 7.64. The Morgan fingerprint density at radius 1 is 1.30 bits per heavy atom. The molecule has 3 aromatic rings. The van der Waals surface area contributed by atoms with Gasteiger partial charge in [-0.1, -0.05) is 24.9 Å². The smallest absolute Gasteiger partial charge is 0.280 e. The van der Waals surface area contributed by atoms with Crippen LogP contribution in [0.3, 0.4) is 0 Å². The molecule has 0 fully saturated rings. The largest absolute Gasteiger partial charge is 0.343 e. The number of nitrogens with one attached hydrogen (secondary N) is 2. The Balaban J connectivity index is 1.76. The Bertz CT molecular complexity index is 905. The Morgan fingerprint density at radius 2 is 2.15 bits per heavy atom. The second-order valence-electron chi connectivity index (χ2n) is 5.75. The minimum atomic E-state index is -0.562. The van der Waals surface area contributed by atoms with Gasteiger partial charge >= 0.3 is 0 Å². The van der Waals surface area contributed by atoms with Crippen LogP contribution in [0.5, 0.6) is 0 Å². The number of hydrogen-bond acceptors (Lipinski definition) is 6. The van der Waals surface area contributed by atoms with Crippen LogP contribution in [0.2, 0.25) is 5.02 Å². The predicted molar refractivity (Wildman–Crippen MR) is 104 cm³/mol. The van der Waals surface area contributed by atoms with E-state index in [1.165, 1.54) is 23.6 Å². The monoisotopic (exact) mass is 405 g/mol. The first-order valence-corrected chi connectivity index (χ1v) is 9.57. The number of pyridine rings is 2. The van der Waals surface area contributed by atoms with Gasteiger partial charge in [0.25, 0.3) is 5.91 Å². The highest BCUT2D eigenvalue weighted by Crippen LogP contribution is 2.28. The van der Waals surface area contributed by atoms with E-state index < -0.39 is 5.95 Å². The van der Waals surface area contributed by atoms with Crippen molar-refractivity contribution in [3.8, 4) is 0 Å². The topological polar surface area (TPSA) is 79.8 Å². The zero-order valence-corrected chi connectivity index (χ0v) is 16.0. The van der Waals surface area contributed by atoms with Crippen molar-refractivity contribution in [2.24, 2.45) is 0 Å². The molecular formula is C18H17ClFN5OS. The highest BCUT2D eigenvalue weighted by molar-refractivity contribution is 7.11. The summed E-state index contributed by atoms with van der Waals surface area (Å²) in [4.78, 5) is 24.3. The quantitative estimate of drug-likeness (QED) is 0.555. The fourth-order valence-electron chi connectivity index (χ4n) is 2.49. The van der Waals surface area contributed by atoms with E-state index in [2.05, 4.69) is 25.6 Å². The van der Waals surface area contributed by atoms with Crippen molar-refractivity contribution in [3.05, 3.63) is 63.7 Å². The van der Waals surface area contributed by atoms with E-state index >= 15 is 0 Å². The van der Waals surface area contributed by atoms with Gasteiger partial charge in [0.15, 0.2) is 5.01 Å². The van der Waals surface area contributed by atoms with Crippen LogP contribution in [0.25, 0.3) is 0 Å². The SMILES string of the molecule is CCC[C@@H](NC(=O)c1nccs1)c1cnc(Nc2ccc(F)nc2)c(Cl)c1. The Morgan fingerprint density at radius 3 is 2.78 bits per heavy atom. The molecule has 27 heavy (non-hydrogen) atoms. The maximum atomic E-state index is 12.9. The van der Waals surface area contributed by atoms with E-state index in [1.807, 2.05) is 6.92 Å². The fourth-order valence-corrected chi connectivity index (χ4v) is 3.25. The molecular weight excluding hydrogens is 389 g/mol. The second kappa shape index (κ2) is 8.88. The molecule has 0 saturated heterocycles. The number of aromatic nitrogens is 3. The molecule has 0 aromatic carbocycles. The molecule has 0 aliphatic carbocycles. The molecule has 0 unspecified atom stereocenters. The Hall–Kier alpha value is -2.58. The average Bonchev–Trinajstić information content (AvgIpc) is 3.20. The molecule has 2 N–H and O–H groups in total. The highest BCUT2D eigenvalue weighted by Gasteiger charge is 2.18. The molecule has 9 heteroatoms. The van der Waals surface area contributed by atoms with Crippen LogP contribution in [0, 0.1) is 5.95 Å². The molecule has 1 amide bonds. The summed E-state index contributed by atoms with van der Waals surface area (Å²) in [5.41, 5.74) is 1.37. The summed E-state index contributed by atoms with van der Waals surface area (Å²) in [5, 5.41) is 8.53. The summed E-state index contributed by atoms with van der Waals surface area (Å²) in [6, 6.07) is 4.33. The number of amides is 1. The van der Waals surface area contributed by atoms with Gasteiger partial charge in [0.05, 0.1) is 22.9 Å². The summed E-state index contributed by atoms with van der Waals surface area (Å²) in [7, 11) is 0. The van der Waals surface area contributed by atoms with Crippen LogP contribution < -0.4 is 10.6 Å². The molecule has 140 valence electrons. The summed E-state index contributed by atoms with van der Waals surface area (Å²) in [5.74, 6) is -0.359. The standard InChI is InChI=1S/C18H17ClFN5OS/c1-2-3-14(25-17(26)18-21-6-7-27-18)11-8-13(19)16(23-9-11)24-12-4-5-15(20)22-10-12/h4-10,14H,2-3H2,1H3,(H,23,24)(H,25,26)/t14-/m1/s1. The lowest BCUT2D eigenvalue weighted by atomic mass is 10.0. The minimum Gasteiger partial charge on any atom is -0.343 e. The number of anilines is 2. The average molecular weight is 406 g/mol. The number of carbonyl (C=O) groups excluding carboxylic acids is 1. The first kappa shape index (κ1) is 19.2. The van der Waals surface area contributed by atoms with Crippen molar-refractivity contribution in [1.29, 1.82) is 0 Å². The maximum Gasteiger partial charge on any atom is 0.280 e. The normalized spacial score (nSPS) is 11.8. The van der Waals surface area contributed by atoms with Crippen LogP contribution in [-0.2, 0) is 0 Å².